The summed E-state index contributed by atoms with van der Waals surface area (Å²) in [6.45, 7) is 8.38. The minimum Gasteiger partial charge on any atom is -0.494 e. The molecule has 1 aliphatic heterocycles. The van der Waals surface area contributed by atoms with Crippen molar-refractivity contribution in [2.75, 3.05) is 23.9 Å². The van der Waals surface area contributed by atoms with E-state index in [1.807, 2.05) is 28.8 Å². The van der Waals surface area contributed by atoms with Crippen LogP contribution in [0.1, 0.15) is 109 Å². The van der Waals surface area contributed by atoms with Crippen molar-refractivity contribution in [2.24, 2.45) is 0 Å². The summed E-state index contributed by atoms with van der Waals surface area (Å²) in [6.07, 6.45) is 19.2. The van der Waals surface area contributed by atoms with Crippen LogP contribution in [0.4, 0.5) is 5.69 Å². The van der Waals surface area contributed by atoms with Gasteiger partial charge >= 0.3 is 0 Å². The zero-order valence-corrected chi connectivity index (χ0v) is 28.3. The first-order chi connectivity index (χ1) is 19.5. The molecule has 0 radical (unpaired) electrons. The summed E-state index contributed by atoms with van der Waals surface area (Å²) >= 11 is 1.87. The van der Waals surface area contributed by atoms with Crippen molar-refractivity contribution >= 4 is 40.3 Å². The molecule has 1 amide bonds. The normalized spacial score (nSPS) is 12.7. The first kappa shape index (κ1) is 35.3. The molecule has 0 N–H and O–H groups in total. The molecular formula is C35H53BrN2O2S. The van der Waals surface area contributed by atoms with E-state index in [2.05, 4.69) is 61.3 Å². The van der Waals surface area contributed by atoms with Gasteiger partial charge in [0.25, 0.3) is 0 Å². The number of hydrogen-bond donors (Lipinski definition) is 0. The molecule has 2 aromatic carbocycles. The Bertz CT molecular complexity index is 1040. The smallest absolute Gasteiger partial charge is 0.223 e. The van der Waals surface area contributed by atoms with Crippen LogP contribution in [-0.2, 0) is 17.8 Å². The number of allylic oxidation sites excluding steroid dienone is 1. The molecule has 0 saturated heterocycles. The van der Waals surface area contributed by atoms with E-state index in [0.29, 0.717) is 6.54 Å². The number of carbonyl (C=O) groups excluding carboxylic acids is 1. The SMILES string of the molecule is Br.CCCCCCCCCCCCCCOc1cccc(CCN(C(C)=O)c2cccc(CN3C=C(C)SC3)c2)c1. The third kappa shape index (κ3) is 14.2. The Morgan fingerprint density at radius 3 is 2.15 bits per heavy atom. The molecule has 0 spiro atoms. The van der Waals surface area contributed by atoms with Crippen molar-refractivity contribution in [1.29, 1.82) is 0 Å². The number of carbonyl (C=O) groups is 1. The topological polar surface area (TPSA) is 32.8 Å². The predicted molar refractivity (Wildman–Crippen MR) is 183 cm³/mol. The molecule has 0 atom stereocenters. The molecule has 0 bridgehead atoms. The predicted octanol–water partition coefficient (Wildman–Crippen LogP) is 10.3. The summed E-state index contributed by atoms with van der Waals surface area (Å²) in [4.78, 5) is 18.1. The van der Waals surface area contributed by atoms with E-state index in [1.54, 1.807) is 6.92 Å². The maximum Gasteiger partial charge on any atom is 0.223 e. The third-order valence-electron chi connectivity index (χ3n) is 7.60. The van der Waals surface area contributed by atoms with Crippen molar-refractivity contribution in [3.63, 3.8) is 0 Å². The lowest BCUT2D eigenvalue weighted by molar-refractivity contribution is -0.116. The highest BCUT2D eigenvalue weighted by molar-refractivity contribution is 8.93. The van der Waals surface area contributed by atoms with E-state index in [4.69, 9.17) is 4.74 Å². The molecule has 6 heteroatoms. The van der Waals surface area contributed by atoms with Crippen LogP contribution in [0, 0.1) is 0 Å². The van der Waals surface area contributed by atoms with Crippen molar-refractivity contribution in [1.82, 2.24) is 4.90 Å². The van der Waals surface area contributed by atoms with Crippen molar-refractivity contribution in [2.45, 2.75) is 111 Å². The number of unbranched alkanes of at least 4 members (excludes halogenated alkanes) is 11. The van der Waals surface area contributed by atoms with E-state index in [0.717, 1.165) is 43.3 Å². The highest BCUT2D eigenvalue weighted by Gasteiger charge is 2.14. The van der Waals surface area contributed by atoms with E-state index in [-0.39, 0.29) is 22.9 Å². The van der Waals surface area contributed by atoms with Crippen LogP contribution in [0.3, 0.4) is 0 Å². The molecule has 0 aliphatic carbocycles. The molecule has 1 heterocycles. The molecule has 0 unspecified atom stereocenters. The van der Waals surface area contributed by atoms with E-state index >= 15 is 0 Å². The Morgan fingerprint density at radius 1 is 0.878 bits per heavy atom. The lowest BCUT2D eigenvalue weighted by Crippen LogP contribution is -2.30. The lowest BCUT2D eigenvalue weighted by atomic mass is 10.1. The van der Waals surface area contributed by atoms with Gasteiger partial charge in [-0.15, -0.1) is 28.7 Å². The Hall–Kier alpha value is -1.92. The summed E-state index contributed by atoms with van der Waals surface area (Å²) in [5.74, 6) is 2.00. The summed E-state index contributed by atoms with van der Waals surface area (Å²) in [5, 5.41) is 0. The Balaban J connectivity index is 0.00000588. The van der Waals surface area contributed by atoms with Gasteiger partial charge in [0, 0.05) is 31.9 Å². The molecule has 0 saturated carbocycles. The number of halogens is 1. The fraction of sp³-hybridized carbons (Fsp3) is 0.571. The van der Waals surface area contributed by atoms with Crippen LogP contribution in [0.2, 0.25) is 0 Å². The fourth-order valence-electron chi connectivity index (χ4n) is 5.30. The van der Waals surface area contributed by atoms with Gasteiger partial charge in [-0.2, -0.15) is 0 Å². The Labute approximate surface area is 265 Å². The molecule has 3 rings (SSSR count). The number of hydrogen-bond acceptors (Lipinski definition) is 4. The summed E-state index contributed by atoms with van der Waals surface area (Å²) < 4.78 is 6.07. The second-order valence-corrected chi connectivity index (χ2v) is 12.4. The quantitative estimate of drug-likeness (QED) is 0.134. The average molecular weight is 646 g/mol. The van der Waals surface area contributed by atoms with Gasteiger partial charge in [0.05, 0.1) is 12.5 Å². The molecule has 41 heavy (non-hydrogen) atoms. The lowest BCUT2D eigenvalue weighted by Gasteiger charge is -2.23. The Morgan fingerprint density at radius 2 is 1.51 bits per heavy atom. The zero-order chi connectivity index (χ0) is 28.4. The molecule has 2 aromatic rings. The minimum absolute atomic E-state index is 0. The largest absolute Gasteiger partial charge is 0.494 e. The summed E-state index contributed by atoms with van der Waals surface area (Å²) in [7, 11) is 0. The average Bonchev–Trinajstić information content (AvgIpc) is 3.36. The van der Waals surface area contributed by atoms with Crippen molar-refractivity contribution in [3.05, 3.63) is 70.8 Å². The van der Waals surface area contributed by atoms with Crippen LogP contribution in [0.15, 0.2) is 59.6 Å². The second kappa shape index (κ2) is 20.9. The highest BCUT2D eigenvalue weighted by Crippen LogP contribution is 2.27. The molecule has 4 nitrogen and oxygen atoms in total. The molecule has 0 aromatic heterocycles. The fourth-order valence-corrected chi connectivity index (χ4v) is 6.06. The standard InChI is InChI=1S/C35H52N2O2S.BrH/c1-4-5-6-7-8-9-10-11-12-13-14-15-24-39-35-21-17-18-32(26-35)22-23-37(31(3)38)34-20-16-19-33(25-34)28-36-27-30(2)40-29-36;/h16-21,25-27H,4-15,22-24,28-29H2,1-3H3;1H. The van der Waals surface area contributed by atoms with Gasteiger partial charge in [-0.1, -0.05) is 102 Å². The summed E-state index contributed by atoms with van der Waals surface area (Å²) in [5.41, 5.74) is 3.39. The maximum atomic E-state index is 12.6. The monoisotopic (exact) mass is 644 g/mol. The number of thioether (sulfide) groups is 1. The van der Waals surface area contributed by atoms with Gasteiger partial charge in [-0.3, -0.25) is 4.79 Å². The van der Waals surface area contributed by atoms with Gasteiger partial charge < -0.3 is 14.5 Å². The first-order valence-corrected chi connectivity index (χ1v) is 16.7. The molecule has 1 aliphatic rings. The number of anilines is 1. The van der Waals surface area contributed by atoms with Crippen LogP contribution < -0.4 is 9.64 Å². The van der Waals surface area contributed by atoms with Gasteiger partial charge in [-0.25, -0.2) is 0 Å². The second-order valence-electron chi connectivity index (χ2n) is 11.2. The maximum absolute atomic E-state index is 12.6. The van der Waals surface area contributed by atoms with Gasteiger partial charge in [0.2, 0.25) is 5.91 Å². The number of rotatable bonds is 20. The third-order valence-corrected chi connectivity index (χ3v) is 8.62. The van der Waals surface area contributed by atoms with Crippen LogP contribution in [0.5, 0.6) is 5.75 Å². The van der Waals surface area contributed by atoms with Crippen molar-refractivity contribution in [3.8, 4) is 5.75 Å². The molecule has 228 valence electrons. The number of ether oxygens (including phenoxy) is 1. The van der Waals surface area contributed by atoms with Crippen molar-refractivity contribution < 1.29 is 9.53 Å². The molecular weight excluding hydrogens is 592 g/mol. The minimum atomic E-state index is 0. The van der Waals surface area contributed by atoms with E-state index in [1.165, 1.54) is 86.7 Å². The number of amides is 1. The van der Waals surface area contributed by atoms with E-state index < -0.39 is 0 Å². The van der Waals surface area contributed by atoms with Gasteiger partial charge in [0.15, 0.2) is 0 Å². The van der Waals surface area contributed by atoms with Crippen LogP contribution in [0.25, 0.3) is 0 Å². The number of nitrogens with zero attached hydrogens (tertiary/aromatic N) is 2. The van der Waals surface area contributed by atoms with E-state index in [9.17, 15) is 4.79 Å². The zero-order valence-electron chi connectivity index (χ0n) is 25.7. The first-order valence-electron chi connectivity index (χ1n) is 15.7. The number of benzene rings is 2. The Kier molecular flexibility index (Phi) is 18.0. The van der Waals surface area contributed by atoms with Gasteiger partial charge in [0.1, 0.15) is 5.75 Å². The highest BCUT2D eigenvalue weighted by atomic mass is 79.9. The van der Waals surface area contributed by atoms with Gasteiger partial charge in [-0.05, 0) is 60.1 Å². The van der Waals surface area contributed by atoms with Crippen LogP contribution >= 0.6 is 28.7 Å². The van der Waals surface area contributed by atoms with Crippen LogP contribution in [-0.4, -0.2) is 29.8 Å². The summed E-state index contributed by atoms with van der Waals surface area (Å²) in [6, 6.07) is 16.8. The molecule has 0 fully saturated rings.